The Morgan fingerprint density at radius 2 is 1.85 bits per heavy atom. The molecule has 0 aliphatic carbocycles. The smallest absolute Gasteiger partial charge is 0.255 e. The minimum absolute atomic E-state index is 0.0490. The van der Waals surface area contributed by atoms with E-state index in [-0.39, 0.29) is 11.8 Å². The highest BCUT2D eigenvalue weighted by molar-refractivity contribution is 5.94. The molecule has 0 N–H and O–H groups in total. The molecule has 2 fully saturated rings. The lowest BCUT2D eigenvalue weighted by Gasteiger charge is -2.23. The molecule has 0 unspecified atom stereocenters. The molecule has 2 amide bonds. The molecule has 1 aromatic rings. The number of carbonyl (C=O) groups excluding carboxylic acids is 2. The van der Waals surface area contributed by atoms with E-state index in [1.165, 1.54) is 0 Å². The molecule has 142 valence electrons. The predicted octanol–water partition coefficient (Wildman–Crippen LogP) is 0.962. The lowest BCUT2D eigenvalue weighted by Crippen LogP contribution is -2.37. The topological polar surface area (TPSA) is 66.0 Å². The Morgan fingerprint density at radius 3 is 2.35 bits per heavy atom. The van der Waals surface area contributed by atoms with Crippen LogP contribution in [0.4, 0.5) is 0 Å². The maximum atomic E-state index is 12.7. The molecule has 3 heterocycles. The third kappa shape index (κ3) is 4.15. The van der Waals surface area contributed by atoms with Crippen molar-refractivity contribution in [2.45, 2.75) is 12.8 Å². The van der Waals surface area contributed by atoms with Crippen molar-refractivity contribution < 1.29 is 14.3 Å². The summed E-state index contributed by atoms with van der Waals surface area (Å²) in [7, 11) is 5.16. The van der Waals surface area contributed by atoms with Gasteiger partial charge in [-0.1, -0.05) is 0 Å². The van der Waals surface area contributed by atoms with Crippen molar-refractivity contribution in [3.05, 3.63) is 23.9 Å². The van der Waals surface area contributed by atoms with Crippen LogP contribution in [0.1, 0.15) is 23.2 Å². The van der Waals surface area contributed by atoms with Gasteiger partial charge in [-0.15, -0.1) is 0 Å². The summed E-state index contributed by atoms with van der Waals surface area (Å²) >= 11 is 0. The highest BCUT2D eigenvalue weighted by Gasteiger charge is 2.37. The summed E-state index contributed by atoms with van der Waals surface area (Å²) in [6, 6.07) is 3.50. The zero-order valence-corrected chi connectivity index (χ0v) is 15.9. The van der Waals surface area contributed by atoms with Crippen LogP contribution >= 0.6 is 0 Å². The van der Waals surface area contributed by atoms with E-state index in [9.17, 15) is 9.59 Å². The average Bonchev–Trinajstić information content (AvgIpc) is 2.97. The molecule has 7 nitrogen and oxygen atoms in total. The van der Waals surface area contributed by atoms with Gasteiger partial charge in [0.05, 0.1) is 19.2 Å². The highest BCUT2D eigenvalue weighted by atomic mass is 16.5. The number of hydrogen-bond acceptors (Lipinski definition) is 5. The average molecular weight is 360 g/mol. The van der Waals surface area contributed by atoms with Gasteiger partial charge >= 0.3 is 0 Å². The van der Waals surface area contributed by atoms with Crippen LogP contribution in [0, 0.1) is 11.8 Å². The predicted molar refractivity (Wildman–Crippen MR) is 98.0 cm³/mol. The number of likely N-dealkylation sites (N-methyl/N-ethyl adjacent to an activating group) is 1. The fraction of sp³-hybridized carbons (Fsp3) is 0.632. The van der Waals surface area contributed by atoms with E-state index in [0.717, 1.165) is 39.0 Å². The first-order valence-electron chi connectivity index (χ1n) is 9.19. The Kier molecular flexibility index (Phi) is 5.76. The quantitative estimate of drug-likeness (QED) is 0.800. The molecule has 3 rings (SSSR count). The van der Waals surface area contributed by atoms with Gasteiger partial charge in [-0.05, 0) is 43.8 Å². The summed E-state index contributed by atoms with van der Waals surface area (Å²) in [6.07, 6.45) is 3.66. The number of fused-ring (bicyclic) bond motifs is 1. The van der Waals surface area contributed by atoms with Crippen molar-refractivity contribution in [2.75, 3.05) is 53.9 Å². The van der Waals surface area contributed by atoms with Gasteiger partial charge in [-0.2, -0.15) is 0 Å². The summed E-state index contributed by atoms with van der Waals surface area (Å²) in [5.41, 5.74) is 0.612. The number of rotatable bonds is 4. The summed E-state index contributed by atoms with van der Waals surface area (Å²) in [5, 5.41) is 0. The third-order valence-electron chi connectivity index (χ3n) is 5.55. The zero-order chi connectivity index (χ0) is 18.7. The minimum atomic E-state index is 0.0490. The number of amides is 2. The van der Waals surface area contributed by atoms with Gasteiger partial charge < -0.3 is 14.5 Å². The van der Waals surface area contributed by atoms with Crippen LogP contribution in [-0.2, 0) is 4.79 Å². The van der Waals surface area contributed by atoms with Gasteiger partial charge in [0.2, 0.25) is 11.8 Å². The molecular weight excluding hydrogens is 332 g/mol. The normalized spacial score (nSPS) is 23.3. The first-order valence-corrected chi connectivity index (χ1v) is 9.19. The van der Waals surface area contributed by atoms with Crippen molar-refractivity contribution >= 4 is 11.8 Å². The van der Waals surface area contributed by atoms with Crippen LogP contribution in [0.15, 0.2) is 18.3 Å². The molecule has 0 aromatic carbocycles. The summed E-state index contributed by atoms with van der Waals surface area (Å²) < 4.78 is 5.05. The van der Waals surface area contributed by atoms with Crippen LogP contribution < -0.4 is 4.74 Å². The number of carbonyl (C=O) groups is 2. The maximum absolute atomic E-state index is 12.7. The fourth-order valence-electron chi connectivity index (χ4n) is 3.87. The number of ether oxygens (including phenoxy) is 1. The van der Waals surface area contributed by atoms with Crippen LogP contribution in [-0.4, -0.2) is 85.4 Å². The molecule has 2 aliphatic rings. The first-order chi connectivity index (χ1) is 12.5. The molecule has 0 radical (unpaired) electrons. The number of aromatic nitrogens is 1. The Labute approximate surface area is 154 Å². The summed E-state index contributed by atoms with van der Waals surface area (Å²) in [4.78, 5) is 34.7. The van der Waals surface area contributed by atoms with Crippen molar-refractivity contribution in [3.63, 3.8) is 0 Å². The molecule has 7 heteroatoms. The Morgan fingerprint density at radius 1 is 1.19 bits per heavy atom. The number of methoxy groups -OCH3 is 1. The Balaban J connectivity index is 1.56. The molecule has 26 heavy (non-hydrogen) atoms. The third-order valence-corrected chi connectivity index (χ3v) is 5.55. The van der Waals surface area contributed by atoms with E-state index in [4.69, 9.17) is 4.74 Å². The van der Waals surface area contributed by atoms with Gasteiger partial charge in [-0.25, -0.2) is 4.98 Å². The van der Waals surface area contributed by atoms with Crippen LogP contribution in [0.3, 0.4) is 0 Å². The van der Waals surface area contributed by atoms with Gasteiger partial charge in [0, 0.05) is 39.4 Å². The summed E-state index contributed by atoms with van der Waals surface area (Å²) in [5.74, 6) is 1.75. The first kappa shape index (κ1) is 18.6. The van der Waals surface area contributed by atoms with Crippen molar-refractivity contribution in [3.8, 4) is 5.88 Å². The monoisotopic (exact) mass is 360 g/mol. The Hall–Kier alpha value is -2.15. The van der Waals surface area contributed by atoms with Crippen molar-refractivity contribution in [2.24, 2.45) is 11.8 Å². The lowest BCUT2D eigenvalue weighted by molar-refractivity contribution is -0.129. The lowest BCUT2D eigenvalue weighted by atomic mass is 9.92. The molecule has 0 bridgehead atoms. The molecule has 1 aromatic heterocycles. The highest BCUT2D eigenvalue weighted by Crippen LogP contribution is 2.32. The van der Waals surface area contributed by atoms with Crippen LogP contribution in [0.2, 0.25) is 0 Å². The van der Waals surface area contributed by atoms with Gasteiger partial charge in [0.15, 0.2) is 0 Å². The fourth-order valence-corrected chi connectivity index (χ4v) is 3.87. The van der Waals surface area contributed by atoms with E-state index < -0.39 is 0 Å². The second-order valence-corrected chi connectivity index (χ2v) is 7.46. The number of nitrogens with zero attached hydrogens (tertiary/aromatic N) is 4. The largest absolute Gasteiger partial charge is 0.481 e. The number of hydrogen-bond donors (Lipinski definition) is 0. The second kappa shape index (κ2) is 8.03. The number of pyridine rings is 1. The molecule has 2 aliphatic heterocycles. The van der Waals surface area contributed by atoms with E-state index in [2.05, 4.69) is 9.88 Å². The maximum Gasteiger partial charge on any atom is 0.255 e. The van der Waals surface area contributed by atoms with Crippen LogP contribution in [0.25, 0.3) is 0 Å². The van der Waals surface area contributed by atoms with E-state index in [1.807, 2.05) is 4.90 Å². The minimum Gasteiger partial charge on any atom is -0.481 e. The summed E-state index contributed by atoms with van der Waals surface area (Å²) in [6.45, 7) is 3.93. The number of likely N-dealkylation sites (tertiary alicyclic amines) is 2. The molecule has 2 saturated heterocycles. The van der Waals surface area contributed by atoms with Gasteiger partial charge in [-0.3, -0.25) is 14.5 Å². The van der Waals surface area contributed by atoms with E-state index in [0.29, 0.717) is 29.8 Å². The van der Waals surface area contributed by atoms with Gasteiger partial charge in [0.1, 0.15) is 0 Å². The van der Waals surface area contributed by atoms with E-state index >= 15 is 0 Å². The second-order valence-electron chi connectivity index (χ2n) is 7.46. The SMILES string of the molecule is COc1ccc(C(=O)N2C[C@H]3CCN(CC(=O)N(C)C)CC[C@H]3C2)cn1. The molecule has 2 atom stereocenters. The van der Waals surface area contributed by atoms with Crippen molar-refractivity contribution in [1.82, 2.24) is 19.7 Å². The molecule has 0 spiro atoms. The Bertz CT molecular complexity index is 631. The standard InChI is InChI=1S/C19H28N4O3/c1-21(2)18(24)13-22-8-6-15-11-23(12-16(15)7-9-22)19(25)14-4-5-17(26-3)20-10-14/h4-5,10,15-16H,6-9,11-13H2,1-3H3/t15-,16+. The molecular formula is C19H28N4O3. The van der Waals surface area contributed by atoms with E-state index in [1.54, 1.807) is 44.4 Å². The van der Waals surface area contributed by atoms with Crippen molar-refractivity contribution in [1.29, 1.82) is 0 Å². The van der Waals surface area contributed by atoms with Gasteiger partial charge in [0.25, 0.3) is 5.91 Å². The van der Waals surface area contributed by atoms with Crippen LogP contribution in [0.5, 0.6) is 5.88 Å². The zero-order valence-electron chi connectivity index (χ0n) is 15.9. The molecule has 0 saturated carbocycles.